The van der Waals surface area contributed by atoms with Crippen LogP contribution >= 0.6 is 0 Å². The van der Waals surface area contributed by atoms with Gasteiger partial charge >= 0.3 is 6.09 Å². The summed E-state index contributed by atoms with van der Waals surface area (Å²) >= 11 is 0. The smallest absolute Gasteiger partial charge is 0.404 e. The van der Waals surface area contributed by atoms with Gasteiger partial charge in [0.25, 0.3) is 0 Å². The van der Waals surface area contributed by atoms with Crippen molar-refractivity contribution in [1.82, 2.24) is 10.6 Å². The zero-order chi connectivity index (χ0) is 8.97. The van der Waals surface area contributed by atoms with Gasteiger partial charge < -0.3 is 20.5 Å². The topological polar surface area (TPSA) is 70.6 Å². The lowest BCUT2D eigenvalue weighted by atomic mass is 10.0. The number of methoxy groups -OCH3 is 1. The normalized spacial score (nSPS) is 29.8. The van der Waals surface area contributed by atoms with E-state index in [9.17, 15) is 4.79 Å². The molecule has 5 nitrogen and oxygen atoms in total. The summed E-state index contributed by atoms with van der Waals surface area (Å²) in [4.78, 5) is 10.3. The molecule has 5 heteroatoms. The van der Waals surface area contributed by atoms with Crippen LogP contribution in [0.5, 0.6) is 0 Å². The van der Waals surface area contributed by atoms with Crippen LogP contribution < -0.4 is 10.6 Å². The van der Waals surface area contributed by atoms with E-state index in [2.05, 4.69) is 10.6 Å². The van der Waals surface area contributed by atoms with E-state index in [-0.39, 0.29) is 12.1 Å². The van der Waals surface area contributed by atoms with Crippen molar-refractivity contribution in [2.45, 2.75) is 18.6 Å². The minimum Gasteiger partial charge on any atom is -0.465 e. The van der Waals surface area contributed by atoms with E-state index < -0.39 is 6.09 Å². The second-order valence-electron chi connectivity index (χ2n) is 2.82. The molecule has 12 heavy (non-hydrogen) atoms. The van der Waals surface area contributed by atoms with E-state index in [1.165, 1.54) is 0 Å². The Labute approximate surface area is 71.1 Å². The summed E-state index contributed by atoms with van der Waals surface area (Å²) in [5.41, 5.74) is 0. The number of piperidine rings is 1. The predicted molar refractivity (Wildman–Crippen MR) is 43.2 cm³/mol. The van der Waals surface area contributed by atoms with Crippen molar-refractivity contribution < 1.29 is 14.6 Å². The summed E-state index contributed by atoms with van der Waals surface area (Å²) in [5.74, 6) is 0. The first-order valence-corrected chi connectivity index (χ1v) is 3.97. The number of nitrogens with one attached hydrogen (secondary N) is 2. The zero-order valence-corrected chi connectivity index (χ0v) is 7.04. The number of amides is 1. The maximum Gasteiger partial charge on any atom is 0.404 e. The highest BCUT2D eigenvalue weighted by Crippen LogP contribution is 2.06. The summed E-state index contributed by atoms with van der Waals surface area (Å²) in [6.07, 6.45) is -0.246. The number of rotatable bonds is 2. The first kappa shape index (κ1) is 9.28. The highest BCUT2D eigenvalue weighted by Gasteiger charge is 2.25. The molecule has 0 aliphatic carbocycles. The van der Waals surface area contributed by atoms with Crippen molar-refractivity contribution in [2.24, 2.45) is 0 Å². The van der Waals surface area contributed by atoms with Crippen molar-refractivity contribution in [3.05, 3.63) is 0 Å². The first-order chi connectivity index (χ1) is 5.74. The Morgan fingerprint density at radius 1 is 1.75 bits per heavy atom. The molecule has 0 aromatic rings. The van der Waals surface area contributed by atoms with Crippen LogP contribution in [0.25, 0.3) is 0 Å². The Balaban J connectivity index is 2.41. The zero-order valence-electron chi connectivity index (χ0n) is 7.04. The highest BCUT2D eigenvalue weighted by molar-refractivity contribution is 5.64. The van der Waals surface area contributed by atoms with Gasteiger partial charge in [-0.05, 0) is 13.0 Å². The van der Waals surface area contributed by atoms with E-state index in [1.54, 1.807) is 7.11 Å². The molecule has 0 saturated carbocycles. The maximum absolute atomic E-state index is 10.3. The third kappa shape index (κ3) is 2.35. The molecule has 0 aromatic heterocycles. The van der Waals surface area contributed by atoms with Gasteiger partial charge in [-0.25, -0.2) is 4.79 Å². The summed E-state index contributed by atoms with van der Waals surface area (Å²) in [6.45, 7) is 1.55. The molecule has 1 aliphatic rings. The molecule has 1 amide bonds. The van der Waals surface area contributed by atoms with E-state index in [0.29, 0.717) is 6.54 Å². The Hall–Kier alpha value is -0.810. The number of ether oxygens (including phenoxy) is 1. The third-order valence-corrected chi connectivity index (χ3v) is 2.04. The molecule has 0 spiro atoms. The van der Waals surface area contributed by atoms with E-state index in [4.69, 9.17) is 9.84 Å². The van der Waals surface area contributed by atoms with Crippen LogP contribution in [0.15, 0.2) is 0 Å². The van der Waals surface area contributed by atoms with Gasteiger partial charge in [-0.3, -0.25) is 0 Å². The molecule has 1 rings (SSSR count). The van der Waals surface area contributed by atoms with Gasteiger partial charge in [0.1, 0.15) is 0 Å². The van der Waals surface area contributed by atoms with E-state index in [0.717, 1.165) is 13.0 Å². The second-order valence-corrected chi connectivity index (χ2v) is 2.82. The van der Waals surface area contributed by atoms with Crippen LogP contribution in [0.4, 0.5) is 4.79 Å². The highest BCUT2D eigenvalue weighted by atomic mass is 16.5. The lowest BCUT2D eigenvalue weighted by molar-refractivity contribution is 0.0517. The van der Waals surface area contributed by atoms with E-state index in [1.807, 2.05) is 0 Å². The summed E-state index contributed by atoms with van der Waals surface area (Å²) in [7, 11) is 1.59. The van der Waals surface area contributed by atoms with Crippen molar-refractivity contribution in [1.29, 1.82) is 0 Å². The average molecular weight is 174 g/mol. The van der Waals surface area contributed by atoms with Gasteiger partial charge in [-0.15, -0.1) is 0 Å². The Morgan fingerprint density at radius 2 is 2.50 bits per heavy atom. The molecule has 1 heterocycles. The predicted octanol–water partition coefficient (Wildman–Crippen LogP) is -0.369. The molecule has 3 N–H and O–H groups in total. The largest absolute Gasteiger partial charge is 0.465 e. The monoisotopic (exact) mass is 174 g/mol. The molecule has 1 aliphatic heterocycles. The fourth-order valence-electron chi connectivity index (χ4n) is 1.40. The quantitative estimate of drug-likeness (QED) is 0.534. The summed E-state index contributed by atoms with van der Waals surface area (Å²) in [6, 6.07) is -0.0752. The molecule has 0 bridgehead atoms. The third-order valence-electron chi connectivity index (χ3n) is 2.04. The van der Waals surface area contributed by atoms with Crippen LogP contribution in [0.1, 0.15) is 6.42 Å². The van der Waals surface area contributed by atoms with Crippen LogP contribution in [0, 0.1) is 0 Å². The standard InChI is InChI=1S/C7H14N2O3/c1-12-6-4-8-3-2-5(6)9-7(10)11/h5-6,8-9H,2-4H2,1H3,(H,10,11)/t5-,6+/m0/s1. The van der Waals surface area contributed by atoms with Crippen LogP contribution in [0.2, 0.25) is 0 Å². The SMILES string of the molecule is CO[C@@H]1CNCC[C@@H]1NC(=O)O. The van der Waals surface area contributed by atoms with Gasteiger partial charge in [0.2, 0.25) is 0 Å². The number of carboxylic acid groups (broad SMARTS) is 1. The molecule has 70 valence electrons. The molecular formula is C7H14N2O3. The average Bonchev–Trinajstić information content (AvgIpc) is 2.04. The van der Waals surface area contributed by atoms with Crippen LogP contribution in [0.3, 0.4) is 0 Å². The fraction of sp³-hybridized carbons (Fsp3) is 0.857. The van der Waals surface area contributed by atoms with Crippen LogP contribution in [-0.2, 0) is 4.74 Å². The molecular weight excluding hydrogens is 160 g/mol. The molecule has 0 radical (unpaired) electrons. The molecule has 1 saturated heterocycles. The number of hydrogen-bond donors (Lipinski definition) is 3. The van der Waals surface area contributed by atoms with Gasteiger partial charge in [0.15, 0.2) is 0 Å². The summed E-state index contributed by atoms with van der Waals surface area (Å²) in [5, 5.41) is 14.1. The van der Waals surface area contributed by atoms with Gasteiger partial charge in [0.05, 0.1) is 12.1 Å². The lowest BCUT2D eigenvalue weighted by Crippen LogP contribution is -2.53. The second kappa shape index (κ2) is 4.27. The van der Waals surface area contributed by atoms with Gasteiger partial charge in [0, 0.05) is 13.7 Å². The maximum atomic E-state index is 10.3. The fourth-order valence-corrected chi connectivity index (χ4v) is 1.40. The van der Waals surface area contributed by atoms with E-state index >= 15 is 0 Å². The summed E-state index contributed by atoms with van der Waals surface area (Å²) < 4.78 is 5.12. The molecule has 1 fully saturated rings. The van der Waals surface area contributed by atoms with Gasteiger partial charge in [-0.2, -0.15) is 0 Å². The molecule has 2 atom stereocenters. The Kier molecular flexibility index (Phi) is 3.31. The first-order valence-electron chi connectivity index (χ1n) is 3.97. The molecule has 0 aromatic carbocycles. The van der Waals surface area contributed by atoms with Crippen LogP contribution in [-0.4, -0.2) is 43.5 Å². The van der Waals surface area contributed by atoms with Crippen molar-refractivity contribution >= 4 is 6.09 Å². The van der Waals surface area contributed by atoms with Crippen molar-refractivity contribution in [3.63, 3.8) is 0 Å². The van der Waals surface area contributed by atoms with Crippen molar-refractivity contribution in [2.75, 3.05) is 20.2 Å². The number of carbonyl (C=O) groups is 1. The molecule has 0 unspecified atom stereocenters. The minimum absolute atomic E-state index is 0.0464. The Morgan fingerprint density at radius 3 is 3.08 bits per heavy atom. The number of hydrogen-bond acceptors (Lipinski definition) is 3. The lowest BCUT2D eigenvalue weighted by Gasteiger charge is -2.30. The van der Waals surface area contributed by atoms with Gasteiger partial charge in [-0.1, -0.05) is 0 Å². The van der Waals surface area contributed by atoms with Crippen molar-refractivity contribution in [3.8, 4) is 0 Å². The minimum atomic E-state index is -0.982. The Bertz CT molecular complexity index is 163.